The van der Waals surface area contributed by atoms with Crippen molar-refractivity contribution in [1.82, 2.24) is 4.90 Å². The SMILES string of the molecule is Cc1c2c(c(O)c3c(O)cccc13)C(=O)O[C@@H]2[C@@H]1[C@H](N(C)C)C(O)=C(C(N)=O)C(=O)[C@@H]1O. The molecule has 6 N–H and O–H groups in total. The van der Waals surface area contributed by atoms with Crippen LogP contribution >= 0.6 is 0 Å². The number of amides is 1. The van der Waals surface area contributed by atoms with E-state index in [9.17, 15) is 34.8 Å². The second-order valence-electron chi connectivity index (χ2n) is 8.21. The summed E-state index contributed by atoms with van der Waals surface area (Å²) in [5.41, 5.74) is 5.05. The molecular formula is C22H22N2O8. The number of benzene rings is 2. The Morgan fingerprint density at radius 2 is 1.81 bits per heavy atom. The van der Waals surface area contributed by atoms with Crippen LogP contribution in [0.1, 0.15) is 27.6 Å². The van der Waals surface area contributed by atoms with E-state index in [0.717, 1.165) is 0 Å². The molecule has 0 unspecified atom stereocenters. The van der Waals surface area contributed by atoms with E-state index in [2.05, 4.69) is 0 Å². The third-order valence-corrected chi connectivity index (χ3v) is 6.25. The van der Waals surface area contributed by atoms with Crippen LogP contribution in [0.4, 0.5) is 0 Å². The summed E-state index contributed by atoms with van der Waals surface area (Å²) in [4.78, 5) is 38.7. The number of hydrogen-bond donors (Lipinski definition) is 5. The minimum absolute atomic E-state index is 0.0736. The third-order valence-electron chi connectivity index (χ3n) is 6.25. The molecular weight excluding hydrogens is 420 g/mol. The monoisotopic (exact) mass is 442 g/mol. The molecule has 0 saturated heterocycles. The predicted octanol–water partition coefficient (Wildman–Crippen LogP) is 0.558. The van der Waals surface area contributed by atoms with E-state index < -0.39 is 58.9 Å². The zero-order chi connectivity index (χ0) is 23.6. The Morgan fingerprint density at radius 3 is 2.41 bits per heavy atom. The van der Waals surface area contributed by atoms with Crippen LogP contribution in [0.3, 0.4) is 0 Å². The molecule has 10 heteroatoms. The molecule has 4 rings (SSSR count). The van der Waals surface area contributed by atoms with Gasteiger partial charge in [0, 0.05) is 5.56 Å². The normalized spacial score (nSPS) is 25.4. The lowest BCUT2D eigenvalue weighted by Crippen LogP contribution is -2.54. The second-order valence-corrected chi connectivity index (χ2v) is 8.21. The van der Waals surface area contributed by atoms with Crippen molar-refractivity contribution in [3.05, 3.63) is 46.2 Å². The summed E-state index contributed by atoms with van der Waals surface area (Å²) < 4.78 is 5.52. The first kappa shape index (κ1) is 21.6. The van der Waals surface area contributed by atoms with Crippen molar-refractivity contribution >= 4 is 28.4 Å². The number of hydrogen-bond acceptors (Lipinski definition) is 9. The van der Waals surface area contributed by atoms with Crippen LogP contribution in [0, 0.1) is 12.8 Å². The van der Waals surface area contributed by atoms with Crippen LogP contribution in [0.15, 0.2) is 29.5 Å². The molecule has 1 aliphatic heterocycles. The number of primary amides is 1. The molecule has 0 aromatic heterocycles. The van der Waals surface area contributed by atoms with E-state index in [1.807, 2.05) is 0 Å². The molecule has 2 aromatic rings. The van der Waals surface area contributed by atoms with Gasteiger partial charge in [0.25, 0.3) is 5.91 Å². The quantitative estimate of drug-likeness (QED) is 0.336. The van der Waals surface area contributed by atoms with Crippen molar-refractivity contribution < 1.29 is 39.5 Å². The van der Waals surface area contributed by atoms with Gasteiger partial charge in [-0.15, -0.1) is 0 Å². The number of fused-ring (bicyclic) bond motifs is 2. The summed E-state index contributed by atoms with van der Waals surface area (Å²) in [6.07, 6.45) is -3.07. The summed E-state index contributed by atoms with van der Waals surface area (Å²) in [5, 5.41) is 43.1. The van der Waals surface area contributed by atoms with E-state index in [0.29, 0.717) is 10.9 Å². The molecule has 2 aliphatic rings. The van der Waals surface area contributed by atoms with Crippen molar-refractivity contribution in [1.29, 1.82) is 0 Å². The van der Waals surface area contributed by atoms with Gasteiger partial charge in [0.2, 0.25) is 5.78 Å². The largest absolute Gasteiger partial charge is 0.510 e. The van der Waals surface area contributed by atoms with E-state index in [1.165, 1.54) is 11.0 Å². The number of phenolic OH excluding ortho intramolecular Hbond substituents is 2. The predicted molar refractivity (Wildman–Crippen MR) is 111 cm³/mol. The van der Waals surface area contributed by atoms with Gasteiger partial charge >= 0.3 is 5.97 Å². The van der Waals surface area contributed by atoms with E-state index in [1.54, 1.807) is 33.2 Å². The van der Waals surface area contributed by atoms with Crippen molar-refractivity contribution in [2.45, 2.75) is 25.2 Å². The number of aliphatic hydroxyl groups excluding tert-OH is 2. The van der Waals surface area contributed by atoms with Crippen molar-refractivity contribution in [3.63, 3.8) is 0 Å². The number of esters is 1. The summed E-state index contributed by atoms with van der Waals surface area (Å²) in [6, 6.07) is 3.47. The summed E-state index contributed by atoms with van der Waals surface area (Å²) in [5.74, 6) is -5.73. The highest BCUT2D eigenvalue weighted by atomic mass is 16.6. The number of ketones is 1. The number of nitrogens with zero attached hydrogens (tertiary/aromatic N) is 1. The molecule has 0 bridgehead atoms. The van der Waals surface area contributed by atoms with Gasteiger partial charge < -0.3 is 30.9 Å². The minimum Gasteiger partial charge on any atom is -0.510 e. The first-order valence-corrected chi connectivity index (χ1v) is 9.78. The number of aryl methyl sites for hydroxylation is 1. The molecule has 168 valence electrons. The summed E-state index contributed by atoms with van der Waals surface area (Å²) in [7, 11) is 3.10. The van der Waals surface area contributed by atoms with Gasteiger partial charge in [-0.2, -0.15) is 0 Å². The maximum Gasteiger partial charge on any atom is 0.343 e. The number of carbonyl (C=O) groups is 3. The first-order valence-electron chi connectivity index (χ1n) is 9.78. The number of Topliss-reactive ketones (excluding diaryl/α,β-unsaturated/α-hetero) is 1. The number of likely N-dealkylation sites (N-methyl/N-ethyl adjacent to an activating group) is 1. The van der Waals surface area contributed by atoms with Gasteiger partial charge in [-0.1, -0.05) is 12.1 Å². The van der Waals surface area contributed by atoms with E-state index in [4.69, 9.17) is 10.5 Å². The zero-order valence-electron chi connectivity index (χ0n) is 17.5. The highest BCUT2D eigenvalue weighted by molar-refractivity contribution is 6.21. The summed E-state index contributed by atoms with van der Waals surface area (Å²) in [6.45, 7) is 1.65. The Morgan fingerprint density at radius 1 is 1.16 bits per heavy atom. The lowest BCUT2D eigenvalue weighted by Gasteiger charge is -2.40. The average molecular weight is 442 g/mol. The molecule has 1 heterocycles. The van der Waals surface area contributed by atoms with Gasteiger partial charge in [-0.25, -0.2) is 4.79 Å². The number of aromatic hydroxyl groups is 2. The fraction of sp³-hybridized carbons (Fsp3) is 0.318. The van der Waals surface area contributed by atoms with Crippen LogP contribution in [-0.4, -0.2) is 69.2 Å². The minimum atomic E-state index is -1.83. The standard InChI is InChI=1S/C22H22N2O8/c1-7-8-5-4-6-9(25)11(8)16(26)12-10(7)20(32-22(12)31)13-15(24(2)3)17(27)14(21(23)30)19(29)18(13)28/h4-6,13,15,18,20,25-28H,1-3H3,(H2,23,30)/t13-,15+,18-,20+/m1/s1. The highest BCUT2D eigenvalue weighted by Gasteiger charge is 2.54. The maximum atomic E-state index is 12.8. The molecule has 0 spiro atoms. The topological polar surface area (TPSA) is 171 Å². The number of rotatable bonds is 3. The van der Waals surface area contributed by atoms with Crippen LogP contribution in [-0.2, 0) is 14.3 Å². The van der Waals surface area contributed by atoms with Gasteiger partial charge in [-0.05, 0) is 38.0 Å². The second kappa shape index (κ2) is 7.21. The van der Waals surface area contributed by atoms with Crippen LogP contribution < -0.4 is 5.73 Å². The molecule has 10 nitrogen and oxygen atoms in total. The molecule has 0 fully saturated rings. The van der Waals surface area contributed by atoms with Crippen molar-refractivity contribution in [2.75, 3.05) is 14.1 Å². The van der Waals surface area contributed by atoms with Crippen LogP contribution in [0.5, 0.6) is 11.5 Å². The Hall–Kier alpha value is -3.63. The highest BCUT2D eigenvalue weighted by Crippen LogP contribution is 2.51. The third kappa shape index (κ3) is 2.76. The summed E-state index contributed by atoms with van der Waals surface area (Å²) >= 11 is 0. The van der Waals surface area contributed by atoms with Crippen LogP contribution in [0.2, 0.25) is 0 Å². The number of carbonyl (C=O) groups excluding carboxylic acids is 3. The van der Waals surface area contributed by atoms with E-state index >= 15 is 0 Å². The Bertz CT molecular complexity index is 1230. The Balaban J connectivity index is 1.99. The Labute approximate surface area is 182 Å². The number of ether oxygens (including phenoxy) is 1. The molecule has 0 saturated carbocycles. The molecule has 0 radical (unpaired) electrons. The molecule has 4 atom stereocenters. The molecule has 1 amide bonds. The Kier molecular flexibility index (Phi) is 4.87. The molecule has 1 aliphatic carbocycles. The van der Waals surface area contributed by atoms with Crippen molar-refractivity contribution in [3.8, 4) is 11.5 Å². The van der Waals surface area contributed by atoms with Crippen LogP contribution in [0.25, 0.3) is 10.8 Å². The van der Waals surface area contributed by atoms with Gasteiger partial charge in [0.1, 0.15) is 40.6 Å². The zero-order valence-corrected chi connectivity index (χ0v) is 17.5. The lowest BCUT2D eigenvalue weighted by molar-refractivity contribution is -0.136. The van der Waals surface area contributed by atoms with Gasteiger partial charge in [-0.3, -0.25) is 14.5 Å². The number of aliphatic hydroxyl groups is 2. The van der Waals surface area contributed by atoms with Crippen molar-refractivity contribution in [2.24, 2.45) is 11.7 Å². The smallest absolute Gasteiger partial charge is 0.343 e. The molecule has 2 aromatic carbocycles. The molecule has 32 heavy (non-hydrogen) atoms. The fourth-order valence-corrected chi connectivity index (χ4v) is 4.87. The maximum absolute atomic E-state index is 12.8. The number of cyclic esters (lactones) is 1. The fourth-order valence-electron chi connectivity index (χ4n) is 4.87. The van der Waals surface area contributed by atoms with E-state index in [-0.39, 0.29) is 22.3 Å². The number of phenols is 2. The van der Waals surface area contributed by atoms with Gasteiger partial charge in [0.15, 0.2) is 0 Å². The van der Waals surface area contributed by atoms with Gasteiger partial charge in [0.05, 0.1) is 17.3 Å². The first-order chi connectivity index (χ1) is 15.0. The lowest BCUT2D eigenvalue weighted by atomic mass is 9.74. The number of nitrogens with two attached hydrogens (primary N) is 1. The average Bonchev–Trinajstić information content (AvgIpc) is 3.05.